The van der Waals surface area contributed by atoms with Crippen LogP contribution in [0.25, 0.3) is 16.7 Å². The van der Waals surface area contributed by atoms with Crippen LogP contribution in [0, 0.1) is 0 Å². The Hall–Kier alpha value is -4.57. The average Bonchev–Trinajstić information content (AvgIpc) is 3.38. The van der Waals surface area contributed by atoms with Crippen molar-refractivity contribution in [3.05, 3.63) is 87.4 Å². The molecule has 0 saturated carbocycles. The minimum Gasteiger partial charge on any atom is -0.493 e. The molecule has 0 radical (unpaired) electrons. The van der Waals surface area contributed by atoms with Crippen LogP contribution in [-0.4, -0.2) is 46.4 Å². The smallest absolute Gasteiger partial charge is 0.263 e. The number of aryl methyl sites for hydroxylation is 1. The molecule has 0 saturated heterocycles. The zero-order chi connectivity index (χ0) is 27.5. The van der Waals surface area contributed by atoms with Gasteiger partial charge in [-0.3, -0.25) is 18.6 Å². The van der Waals surface area contributed by atoms with Crippen LogP contribution in [0.15, 0.2) is 65.5 Å². The molecule has 2 aromatic heterocycles. The second kappa shape index (κ2) is 11.0. The first-order valence-corrected chi connectivity index (χ1v) is 12.5. The number of nitrogens with zero attached hydrogens (tertiary/aromatic N) is 4. The first-order chi connectivity index (χ1) is 18.9. The van der Waals surface area contributed by atoms with Crippen molar-refractivity contribution in [2.75, 3.05) is 26.6 Å². The van der Waals surface area contributed by atoms with E-state index in [4.69, 9.17) is 25.8 Å². The monoisotopic (exact) mass is 547 g/mol. The Balaban J connectivity index is 1.44. The SMILES string of the molecule is COc1cc(NC(=O)CCc2nnc3n(Cc4ccc(Cl)cc4)c(=O)c4ccccc4n23)cc(OC)c1OC. The number of carbonyl (C=O) groups excluding carboxylic acids is 1. The molecule has 2 heterocycles. The molecule has 0 fully saturated rings. The topological polar surface area (TPSA) is 109 Å². The minimum atomic E-state index is -0.236. The number of hydrogen-bond acceptors (Lipinski definition) is 7. The first-order valence-electron chi connectivity index (χ1n) is 12.1. The van der Waals surface area contributed by atoms with Gasteiger partial charge in [0.25, 0.3) is 5.56 Å². The van der Waals surface area contributed by atoms with Crippen LogP contribution in [0.1, 0.15) is 17.8 Å². The van der Waals surface area contributed by atoms with E-state index in [-0.39, 0.29) is 17.9 Å². The molecule has 3 aromatic carbocycles. The summed E-state index contributed by atoms with van der Waals surface area (Å²) in [5.74, 6) is 2.02. The summed E-state index contributed by atoms with van der Waals surface area (Å²) in [5, 5.41) is 12.7. The second-order valence-electron chi connectivity index (χ2n) is 8.75. The van der Waals surface area contributed by atoms with Gasteiger partial charge in [0.2, 0.25) is 17.4 Å². The summed E-state index contributed by atoms with van der Waals surface area (Å²) in [5.41, 5.74) is 1.90. The summed E-state index contributed by atoms with van der Waals surface area (Å²) in [4.78, 5) is 26.3. The third kappa shape index (κ3) is 5.10. The number of anilines is 1. The molecule has 0 bridgehead atoms. The molecule has 1 N–H and O–H groups in total. The van der Waals surface area contributed by atoms with E-state index in [1.807, 2.05) is 34.7 Å². The van der Waals surface area contributed by atoms with Crippen molar-refractivity contribution in [2.45, 2.75) is 19.4 Å². The van der Waals surface area contributed by atoms with Crippen LogP contribution >= 0.6 is 11.6 Å². The highest BCUT2D eigenvalue weighted by molar-refractivity contribution is 6.30. The Labute approximate surface area is 228 Å². The van der Waals surface area contributed by atoms with Gasteiger partial charge in [-0.25, -0.2) is 0 Å². The van der Waals surface area contributed by atoms with E-state index in [0.29, 0.717) is 63.4 Å². The van der Waals surface area contributed by atoms with Crippen molar-refractivity contribution in [2.24, 2.45) is 0 Å². The Morgan fingerprint density at radius 3 is 2.31 bits per heavy atom. The van der Waals surface area contributed by atoms with Crippen molar-refractivity contribution in [1.29, 1.82) is 0 Å². The lowest BCUT2D eigenvalue weighted by atomic mass is 10.2. The lowest BCUT2D eigenvalue weighted by Crippen LogP contribution is -2.24. The van der Waals surface area contributed by atoms with Gasteiger partial charge in [-0.1, -0.05) is 35.9 Å². The van der Waals surface area contributed by atoms with Crippen LogP contribution in [0.4, 0.5) is 5.69 Å². The van der Waals surface area contributed by atoms with Gasteiger partial charge in [0, 0.05) is 35.7 Å². The number of ether oxygens (including phenoxy) is 3. The van der Waals surface area contributed by atoms with Gasteiger partial charge in [0.05, 0.1) is 38.8 Å². The van der Waals surface area contributed by atoms with E-state index in [1.54, 1.807) is 34.9 Å². The van der Waals surface area contributed by atoms with Crippen LogP contribution < -0.4 is 25.1 Å². The fourth-order valence-corrected chi connectivity index (χ4v) is 4.62. The van der Waals surface area contributed by atoms with E-state index in [1.165, 1.54) is 21.3 Å². The van der Waals surface area contributed by atoms with E-state index in [9.17, 15) is 9.59 Å². The van der Waals surface area contributed by atoms with Gasteiger partial charge in [-0.15, -0.1) is 10.2 Å². The average molecular weight is 548 g/mol. The Morgan fingerprint density at radius 2 is 1.64 bits per heavy atom. The van der Waals surface area contributed by atoms with E-state index < -0.39 is 0 Å². The Kier molecular flexibility index (Phi) is 7.38. The molecule has 0 aliphatic rings. The van der Waals surface area contributed by atoms with E-state index in [0.717, 1.165) is 5.56 Å². The Morgan fingerprint density at radius 1 is 0.949 bits per heavy atom. The number of carbonyl (C=O) groups is 1. The highest BCUT2D eigenvalue weighted by atomic mass is 35.5. The quantitative estimate of drug-likeness (QED) is 0.292. The number of nitrogens with one attached hydrogen (secondary N) is 1. The third-order valence-corrected chi connectivity index (χ3v) is 6.60. The number of halogens is 1. The highest BCUT2D eigenvalue weighted by Gasteiger charge is 2.18. The standard InChI is InChI=1S/C28H26ClN5O5/c1-37-22-14-19(15-23(38-2)26(22)39-3)30-25(35)13-12-24-31-32-28-33(16-17-8-10-18(29)11-9-17)27(36)20-6-4-5-7-21(20)34(24)28/h4-11,14-15H,12-13,16H2,1-3H3,(H,30,35). The maximum Gasteiger partial charge on any atom is 0.263 e. The molecule has 39 heavy (non-hydrogen) atoms. The maximum absolute atomic E-state index is 13.4. The van der Waals surface area contributed by atoms with Crippen LogP contribution in [-0.2, 0) is 17.8 Å². The fraction of sp³-hybridized carbons (Fsp3) is 0.214. The van der Waals surface area contributed by atoms with Gasteiger partial charge in [-0.2, -0.15) is 0 Å². The molecular weight excluding hydrogens is 522 g/mol. The van der Waals surface area contributed by atoms with Crippen molar-refractivity contribution in [1.82, 2.24) is 19.2 Å². The summed E-state index contributed by atoms with van der Waals surface area (Å²) in [6.07, 6.45) is 0.419. The number of methoxy groups -OCH3 is 3. The normalized spacial score (nSPS) is 11.1. The number of aromatic nitrogens is 4. The van der Waals surface area contributed by atoms with Crippen molar-refractivity contribution in [3.8, 4) is 17.2 Å². The number of hydrogen-bond donors (Lipinski definition) is 1. The summed E-state index contributed by atoms with van der Waals surface area (Å²) in [7, 11) is 4.53. The maximum atomic E-state index is 13.4. The predicted molar refractivity (Wildman–Crippen MR) is 148 cm³/mol. The lowest BCUT2D eigenvalue weighted by Gasteiger charge is -2.14. The highest BCUT2D eigenvalue weighted by Crippen LogP contribution is 2.40. The zero-order valence-electron chi connectivity index (χ0n) is 21.6. The number of benzene rings is 3. The molecule has 5 aromatic rings. The minimum absolute atomic E-state index is 0.127. The van der Waals surface area contributed by atoms with Crippen molar-refractivity contribution < 1.29 is 19.0 Å². The summed E-state index contributed by atoms with van der Waals surface area (Å²) >= 11 is 6.03. The molecule has 11 heteroatoms. The van der Waals surface area contributed by atoms with Crippen molar-refractivity contribution >= 4 is 39.9 Å². The molecular formula is C28H26ClN5O5. The van der Waals surface area contributed by atoms with Crippen LogP contribution in [0.2, 0.25) is 5.02 Å². The van der Waals surface area contributed by atoms with Gasteiger partial charge in [-0.05, 0) is 29.8 Å². The molecule has 5 rings (SSSR count). The predicted octanol–water partition coefficient (Wildman–Crippen LogP) is 4.34. The first kappa shape index (κ1) is 26.1. The molecule has 1 amide bonds. The van der Waals surface area contributed by atoms with Crippen LogP contribution in [0.5, 0.6) is 17.2 Å². The lowest BCUT2D eigenvalue weighted by molar-refractivity contribution is -0.116. The van der Waals surface area contributed by atoms with Gasteiger partial charge < -0.3 is 19.5 Å². The van der Waals surface area contributed by atoms with Crippen LogP contribution in [0.3, 0.4) is 0 Å². The Bertz CT molecular complexity index is 1700. The molecule has 0 spiro atoms. The molecule has 0 aliphatic heterocycles. The van der Waals surface area contributed by atoms with Gasteiger partial charge in [0.15, 0.2) is 11.5 Å². The zero-order valence-corrected chi connectivity index (χ0v) is 22.4. The molecule has 200 valence electrons. The summed E-state index contributed by atoms with van der Waals surface area (Å²) in [6, 6.07) is 17.9. The van der Waals surface area contributed by atoms with Crippen molar-refractivity contribution in [3.63, 3.8) is 0 Å². The fourth-order valence-electron chi connectivity index (χ4n) is 4.49. The summed E-state index contributed by atoms with van der Waals surface area (Å²) < 4.78 is 19.5. The number of para-hydroxylation sites is 1. The van der Waals surface area contributed by atoms with E-state index in [2.05, 4.69) is 15.5 Å². The van der Waals surface area contributed by atoms with Gasteiger partial charge >= 0.3 is 0 Å². The number of rotatable bonds is 9. The molecule has 0 unspecified atom stereocenters. The molecule has 0 aliphatic carbocycles. The largest absolute Gasteiger partial charge is 0.493 e. The van der Waals surface area contributed by atoms with Gasteiger partial charge in [0.1, 0.15) is 5.82 Å². The second-order valence-corrected chi connectivity index (χ2v) is 9.19. The third-order valence-electron chi connectivity index (χ3n) is 6.35. The molecule has 0 atom stereocenters. The number of amides is 1. The molecule has 10 nitrogen and oxygen atoms in total. The van der Waals surface area contributed by atoms with E-state index >= 15 is 0 Å². The summed E-state index contributed by atoms with van der Waals surface area (Å²) in [6.45, 7) is 0.296. The number of fused-ring (bicyclic) bond motifs is 3.